The van der Waals surface area contributed by atoms with Gasteiger partial charge in [0.05, 0.1) is 25.4 Å². The van der Waals surface area contributed by atoms with E-state index in [9.17, 15) is 22.7 Å². The van der Waals surface area contributed by atoms with Gasteiger partial charge in [0, 0.05) is 31.3 Å². The Morgan fingerprint density at radius 1 is 1.31 bits per heavy atom. The summed E-state index contributed by atoms with van der Waals surface area (Å²) in [6.07, 6.45) is 2.08. The van der Waals surface area contributed by atoms with Crippen LogP contribution < -0.4 is 4.74 Å². The molecule has 0 radical (unpaired) electrons. The number of hydrogen-bond acceptors (Lipinski definition) is 6. The maximum atomic E-state index is 13.4. The van der Waals surface area contributed by atoms with Crippen LogP contribution in [0.2, 0.25) is 0 Å². The Morgan fingerprint density at radius 2 is 1.97 bits per heavy atom. The number of carbonyl (C=O) groups excluding carboxylic acids is 1. The van der Waals surface area contributed by atoms with E-state index in [0.29, 0.717) is 11.1 Å². The molecule has 1 aliphatic heterocycles. The number of amides is 1. The van der Waals surface area contributed by atoms with E-state index in [1.807, 2.05) is 6.92 Å². The molecule has 1 N–H and O–H groups in total. The lowest BCUT2D eigenvalue weighted by molar-refractivity contribution is 0.0374. The van der Waals surface area contributed by atoms with E-state index in [2.05, 4.69) is 4.98 Å². The minimum absolute atomic E-state index is 0.0797. The topological polar surface area (TPSA) is 100 Å². The molecular weight excluding hydrogens is 437 g/mol. The molecule has 0 unspecified atom stereocenters. The van der Waals surface area contributed by atoms with Crippen LogP contribution >= 0.6 is 0 Å². The molecule has 2 heterocycles. The first kappa shape index (κ1) is 24.1. The molecule has 32 heavy (non-hydrogen) atoms. The van der Waals surface area contributed by atoms with Gasteiger partial charge in [-0.05, 0) is 30.7 Å². The quantitative estimate of drug-likeness (QED) is 0.701. The lowest BCUT2D eigenvalue weighted by Crippen LogP contribution is -2.50. The van der Waals surface area contributed by atoms with Gasteiger partial charge in [0.2, 0.25) is 15.9 Å². The fourth-order valence-corrected chi connectivity index (χ4v) is 3.93. The summed E-state index contributed by atoms with van der Waals surface area (Å²) in [4.78, 5) is 19.3. The van der Waals surface area contributed by atoms with Gasteiger partial charge in [-0.15, -0.1) is 0 Å². The van der Waals surface area contributed by atoms with E-state index in [0.717, 1.165) is 6.26 Å². The first-order valence-corrected chi connectivity index (χ1v) is 12.1. The second-order valence-corrected chi connectivity index (χ2v) is 10.3. The summed E-state index contributed by atoms with van der Waals surface area (Å²) in [5, 5.41) is 9.71. The number of carbonyl (C=O) groups is 1. The van der Waals surface area contributed by atoms with Crippen LogP contribution in [0.3, 0.4) is 0 Å². The number of hydrogen-bond donors (Lipinski definition) is 1. The van der Waals surface area contributed by atoms with Crippen molar-refractivity contribution in [2.75, 3.05) is 33.0 Å². The van der Waals surface area contributed by atoms with Gasteiger partial charge in [-0.2, -0.15) is 0 Å². The van der Waals surface area contributed by atoms with Gasteiger partial charge in [0.25, 0.3) is 5.91 Å². The third kappa shape index (κ3) is 5.25. The predicted octanol–water partition coefficient (Wildman–Crippen LogP) is 2.00. The Hall–Kier alpha value is -2.56. The average molecular weight is 466 g/mol. The molecule has 2 aromatic rings. The van der Waals surface area contributed by atoms with E-state index in [-0.39, 0.29) is 48.8 Å². The summed E-state index contributed by atoms with van der Waals surface area (Å²) in [6.45, 7) is 3.72. The van der Waals surface area contributed by atoms with Crippen molar-refractivity contribution in [2.24, 2.45) is 5.92 Å². The summed E-state index contributed by atoms with van der Waals surface area (Å²) in [7, 11) is -1.97. The molecule has 0 fully saturated rings. The second kappa shape index (κ2) is 9.51. The number of aromatic nitrogens is 1. The van der Waals surface area contributed by atoms with E-state index in [1.54, 1.807) is 30.0 Å². The van der Waals surface area contributed by atoms with Crippen molar-refractivity contribution in [3.05, 3.63) is 47.9 Å². The van der Waals surface area contributed by atoms with Gasteiger partial charge < -0.3 is 14.7 Å². The first-order chi connectivity index (χ1) is 15.0. The third-order valence-corrected chi connectivity index (χ3v) is 6.98. The highest BCUT2D eigenvalue weighted by Crippen LogP contribution is 2.30. The highest BCUT2D eigenvalue weighted by atomic mass is 32.2. The third-order valence-electron chi connectivity index (χ3n) is 5.70. The van der Waals surface area contributed by atoms with Crippen LogP contribution in [0.15, 0.2) is 36.5 Å². The minimum Gasteiger partial charge on any atom is -0.472 e. The number of halogens is 1. The van der Waals surface area contributed by atoms with Crippen LogP contribution in [0.4, 0.5) is 4.39 Å². The van der Waals surface area contributed by atoms with Crippen molar-refractivity contribution in [3.8, 4) is 17.0 Å². The number of aliphatic hydroxyl groups excluding tert-OH is 1. The molecule has 1 aliphatic rings. The number of ether oxygens (including phenoxy) is 1. The number of pyridine rings is 1. The average Bonchev–Trinajstić information content (AvgIpc) is 2.75. The zero-order chi connectivity index (χ0) is 23.6. The lowest BCUT2D eigenvalue weighted by Gasteiger charge is -2.37. The van der Waals surface area contributed by atoms with Crippen LogP contribution in [0, 0.1) is 11.7 Å². The van der Waals surface area contributed by atoms with Crippen molar-refractivity contribution in [2.45, 2.75) is 26.0 Å². The molecule has 3 atom stereocenters. The molecule has 1 aromatic carbocycles. The molecule has 1 amide bonds. The molecular formula is C22H28FN3O5S. The van der Waals surface area contributed by atoms with E-state index >= 15 is 0 Å². The maximum Gasteiger partial charge on any atom is 0.259 e. The highest BCUT2D eigenvalue weighted by Gasteiger charge is 2.35. The van der Waals surface area contributed by atoms with Crippen LogP contribution in [0.25, 0.3) is 11.1 Å². The van der Waals surface area contributed by atoms with E-state index in [4.69, 9.17) is 4.74 Å². The van der Waals surface area contributed by atoms with E-state index < -0.39 is 22.2 Å². The number of aliphatic hydroxyl groups is 1. The van der Waals surface area contributed by atoms with Gasteiger partial charge >= 0.3 is 0 Å². The monoisotopic (exact) mass is 465 g/mol. The van der Waals surface area contributed by atoms with Crippen molar-refractivity contribution in [1.82, 2.24) is 14.2 Å². The number of sulfonamides is 1. The fourth-order valence-electron chi connectivity index (χ4n) is 3.51. The van der Waals surface area contributed by atoms with Gasteiger partial charge in [-0.3, -0.25) is 4.79 Å². The number of nitrogens with zero attached hydrogens (tertiary/aromatic N) is 3. The molecule has 0 saturated heterocycles. The molecule has 8 nitrogen and oxygen atoms in total. The van der Waals surface area contributed by atoms with Gasteiger partial charge in [-0.25, -0.2) is 22.1 Å². The molecule has 0 spiro atoms. The van der Waals surface area contributed by atoms with Crippen LogP contribution in [-0.2, 0) is 10.0 Å². The maximum absolute atomic E-state index is 13.4. The molecule has 0 saturated carbocycles. The van der Waals surface area contributed by atoms with Gasteiger partial charge in [0.15, 0.2) is 0 Å². The molecule has 174 valence electrons. The highest BCUT2D eigenvalue weighted by molar-refractivity contribution is 7.88. The number of likely N-dealkylation sites (N-methyl/N-ethyl adjacent to an activating group) is 1. The molecule has 3 rings (SSSR count). The molecule has 10 heteroatoms. The van der Waals surface area contributed by atoms with E-state index in [1.165, 1.54) is 29.7 Å². The Kier molecular flexibility index (Phi) is 7.16. The Morgan fingerprint density at radius 3 is 2.56 bits per heavy atom. The van der Waals surface area contributed by atoms with Crippen molar-refractivity contribution in [3.63, 3.8) is 0 Å². The summed E-state index contributed by atoms with van der Waals surface area (Å²) >= 11 is 0. The normalized spacial score (nSPS) is 20.3. The van der Waals surface area contributed by atoms with Gasteiger partial charge in [-0.1, -0.05) is 19.1 Å². The van der Waals surface area contributed by atoms with Crippen LogP contribution in [0.5, 0.6) is 5.88 Å². The Balaban J connectivity index is 2.06. The Bertz CT molecular complexity index is 1080. The van der Waals surface area contributed by atoms with Crippen molar-refractivity contribution < 1.29 is 27.4 Å². The van der Waals surface area contributed by atoms with Crippen LogP contribution in [-0.4, -0.2) is 78.8 Å². The minimum atomic E-state index is -3.43. The van der Waals surface area contributed by atoms with Crippen molar-refractivity contribution in [1.29, 1.82) is 0 Å². The van der Waals surface area contributed by atoms with Gasteiger partial charge in [0.1, 0.15) is 17.5 Å². The summed E-state index contributed by atoms with van der Waals surface area (Å²) in [6, 6.07) is 6.99. The Labute approximate surface area is 187 Å². The second-order valence-electron chi connectivity index (χ2n) is 8.25. The zero-order valence-corrected chi connectivity index (χ0v) is 19.3. The standard InChI is InChI=1S/C22H28FN3O5S/c1-14-11-26(15(2)13-27)22(28)19-9-17(16-5-7-18(23)8-6-16)10-24-21(19)31-20(14)12-25(3)32(4,29)30/h5-10,14-15,20,27H,11-13H2,1-4H3/t14-,15-,20-/m1/s1. The fraction of sp³-hybridized carbons (Fsp3) is 0.455. The predicted molar refractivity (Wildman–Crippen MR) is 118 cm³/mol. The number of benzene rings is 1. The number of fused-ring (bicyclic) bond motifs is 1. The molecule has 1 aromatic heterocycles. The number of rotatable bonds is 6. The summed E-state index contributed by atoms with van der Waals surface area (Å²) in [5.41, 5.74) is 1.49. The van der Waals surface area contributed by atoms with Crippen molar-refractivity contribution >= 4 is 15.9 Å². The molecule has 0 aliphatic carbocycles. The lowest BCUT2D eigenvalue weighted by atomic mass is 9.99. The smallest absolute Gasteiger partial charge is 0.259 e. The molecule has 0 bridgehead atoms. The first-order valence-electron chi connectivity index (χ1n) is 10.3. The SMILES string of the molecule is C[C@@H]1CN([C@H](C)CO)C(=O)c2cc(-c3ccc(F)cc3)cnc2O[C@@H]1CN(C)S(C)(=O)=O. The summed E-state index contributed by atoms with van der Waals surface area (Å²) < 4.78 is 44.5. The van der Waals surface area contributed by atoms with Crippen LogP contribution in [0.1, 0.15) is 24.2 Å². The zero-order valence-electron chi connectivity index (χ0n) is 18.5. The largest absolute Gasteiger partial charge is 0.472 e. The summed E-state index contributed by atoms with van der Waals surface area (Å²) in [5.74, 6) is -0.861.